The number of hydrogen-bond acceptors (Lipinski definition) is 1. The lowest BCUT2D eigenvalue weighted by Crippen LogP contribution is -2.42. The van der Waals surface area contributed by atoms with E-state index >= 15 is 0 Å². The molecule has 25 heavy (non-hydrogen) atoms. The third kappa shape index (κ3) is 4.97. The van der Waals surface area contributed by atoms with Gasteiger partial charge >= 0.3 is 0 Å². The van der Waals surface area contributed by atoms with Gasteiger partial charge in [-0.05, 0) is 46.8 Å². The highest BCUT2D eigenvalue weighted by atomic mass is 16.5. The van der Waals surface area contributed by atoms with Gasteiger partial charge < -0.3 is 4.74 Å². The van der Waals surface area contributed by atoms with E-state index in [0.717, 1.165) is 32.3 Å². The first kappa shape index (κ1) is 20.2. The second-order valence-electron chi connectivity index (χ2n) is 9.71. The molecule has 140 valence electrons. The fourth-order valence-corrected chi connectivity index (χ4v) is 3.89. The molecule has 2 aliphatic rings. The van der Waals surface area contributed by atoms with Gasteiger partial charge in [-0.25, -0.2) is 0 Å². The van der Waals surface area contributed by atoms with Crippen LogP contribution in [-0.2, 0) is 4.74 Å². The van der Waals surface area contributed by atoms with Crippen LogP contribution >= 0.6 is 0 Å². The molecule has 0 radical (unpaired) electrons. The summed E-state index contributed by atoms with van der Waals surface area (Å²) in [6, 6.07) is 0. The van der Waals surface area contributed by atoms with E-state index in [0.29, 0.717) is 0 Å². The van der Waals surface area contributed by atoms with E-state index in [2.05, 4.69) is 78.8 Å². The van der Waals surface area contributed by atoms with E-state index < -0.39 is 0 Å². The van der Waals surface area contributed by atoms with Gasteiger partial charge in [0.1, 0.15) is 0 Å². The summed E-state index contributed by atoms with van der Waals surface area (Å²) >= 11 is 0. The van der Waals surface area contributed by atoms with Gasteiger partial charge in [0.15, 0.2) is 0 Å². The molecule has 0 bridgehead atoms. The maximum atomic E-state index is 6.69. The summed E-state index contributed by atoms with van der Waals surface area (Å²) in [6.07, 6.45) is 17.1. The molecule has 0 aromatic rings. The largest absolute Gasteiger partial charge is 0.370 e. The minimum absolute atomic E-state index is 0.0971. The Hall–Kier alpha value is -1.08. The molecule has 0 aromatic heterocycles. The first-order chi connectivity index (χ1) is 11.6. The van der Waals surface area contributed by atoms with Gasteiger partial charge in [-0.3, -0.25) is 0 Å². The topological polar surface area (TPSA) is 9.23 Å². The predicted molar refractivity (Wildman–Crippen MR) is 110 cm³/mol. The van der Waals surface area contributed by atoms with Crippen LogP contribution in [0.25, 0.3) is 0 Å². The van der Waals surface area contributed by atoms with Gasteiger partial charge in [0.25, 0.3) is 0 Å². The summed E-state index contributed by atoms with van der Waals surface area (Å²) in [5, 5.41) is 0. The Balaban J connectivity index is 2.43. The quantitative estimate of drug-likeness (QED) is 0.465. The van der Waals surface area contributed by atoms with E-state index in [-0.39, 0.29) is 16.4 Å². The second-order valence-corrected chi connectivity index (χ2v) is 9.71. The van der Waals surface area contributed by atoms with Crippen LogP contribution < -0.4 is 0 Å². The van der Waals surface area contributed by atoms with Crippen molar-refractivity contribution in [1.82, 2.24) is 0 Å². The molecule has 0 saturated heterocycles. The zero-order valence-corrected chi connectivity index (χ0v) is 17.5. The molecule has 0 amide bonds. The Morgan fingerprint density at radius 2 is 1.76 bits per heavy atom. The van der Waals surface area contributed by atoms with Gasteiger partial charge in [0.2, 0.25) is 0 Å². The number of hydrogen-bond donors (Lipinski definition) is 0. The first-order valence-corrected chi connectivity index (χ1v) is 10.0. The van der Waals surface area contributed by atoms with Crippen molar-refractivity contribution in [2.75, 3.05) is 6.61 Å². The number of rotatable bonds is 6. The fraction of sp³-hybridized carbons (Fsp3) is 0.667. The fourth-order valence-electron chi connectivity index (χ4n) is 3.89. The molecule has 0 saturated carbocycles. The van der Waals surface area contributed by atoms with Crippen LogP contribution in [0, 0.1) is 10.8 Å². The van der Waals surface area contributed by atoms with Crippen LogP contribution in [0.5, 0.6) is 0 Å². The summed E-state index contributed by atoms with van der Waals surface area (Å²) in [5.74, 6) is 0. The summed E-state index contributed by atoms with van der Waals surface area (Å²) in [6.45, 7) is 17.0. The predicted octanol–water partition coefficient (Wildman–Crippen LogP) is 7.17. The van der Waals surface area contributed by atoms with E-state index in [9.17, 15) is 0 Å². The Morgan fingerprint density at radius 3 is 2.28 bits per heavy atom. The third-order valence-electron chi connectivity index (χ3n) is 5.33. The highest BCUT2D eigenvalue weighted by Gasteiger charge is 2.43. The van der Waals surface area contributed by atoms with E-state index in [4.69, 9.17) is 4.74 Å². The van der Waals surface area contributed by atoms with E-state index in [1.165, 1.54) is 23.1 Å². The summed E-state index contributed by atoms with van der Waals surface area (Å²) < 4.78 is 6.69. The normalized spacial score (nSPS) is 24.2. The minimum Gasteiger partial charge on any atom is -0.370 e. The molecule has 1 nitrogen and oxygen atoms in total. The Bertz CT molecular complexity index is 587. The molecule has 2 rings (SSSR count). The minimum atomic E-state index is -0.192. The van der Waals surface area contributed by atoms with Crippen molar-refractivity contribution in [3.63, 3.8) is 0 Å². The zero-order chi connectivity index (χ0) is 18.7. The van der Waals surface area contributed by atoms with Crippen molar-refractivity contribution in [2.24, 2.45) is 10.8 Å². The molecule has 0 aromatic carbocycles. The Kier molecular flexibility index (Phi) is 6.20. The Labute approximate surface area is 155 Å². The van der Waals surface area contributed by atoms with Gasteiger partial charge in [-0.1, -0.05) is 85.3 Å². The van der Waals surface area contributed by atoms with E-state index in [1.54, 1.807) is 0 Å². The maximum absolute atomic E-state index is 6.69. The van der Waals surface area contributed by atoms with Gasteiger partial charge in [-0.15, -0.1) is 0 Å². The molecule has 1 unspecified atom stereocenters. The molecule has 0 fully saturated rings. The van der Waals surface area contributed by atoms with Crippen LogP contribution in [-0.4, -0.2) is 12.2 Å². The molecule has 0 spiro atoms. The summed E-state index contributed by atoms with van der Waals surface area (Å²) in [7, 11) is 0. The molecular formula is C24H38O. The van der Waals surface area contributed by atoms with Crippen LogP contribution in [0.1, 0.15) is 80.6 Å². The molecule has 0 aliphatic heterocycles. The number of ether oxygens (including phenoxy) is 1. The molecule has 2 aliphatic carbocycles. The standard InChI is InChI=1S/C24H38O/c1-8-9-16-25-24(18-19-12-10-11-13-19)15-14-20(22(2,3)4)17-21(24)23(5,6)7/h10,12-14,17H,8-9,11,15-16,18H2,1-7H3. The SMILES string of the molecule is CCCCOC1(CC2=CCC=C2)CC=C(C(C)(C)C)C=C1C(C)(C)C. The molecular weight excluding hydrogens is 304 g/mol. The second kappa shape index (κ2) is 7.66. The maximum Gasteiger partial charge on any atom is 0.0974 e. The van der Waals surface area contributed by atoms with Gasteiger partial charge in [-0.2, -0.15) is 0 Å². The Morgan fingerprint density at radius 1 is 1.04 bits per heavy atom. The molecule has 0 N–H and O–H groups in total. The number of unbranched alkanes of at least 4 members (excludes halogenated alkanes) is 1. The van der Waals surface area contributed by atoms with Gasteiger partial charge in [0.05, 0.1) is 5.60 Å². The lowest BCUT2D eigenvalue weighted by molar-refractivity contribution is -0.0287. The average Bonchev–Trinajstić information content (AvgIpc) is 2.98. The highest BCUT2D eigenvalue weighted by molar-refractivity contribution is 5.43. The van der Waals surface area contributed by atoms with Crippen LogP contribution in [0.15, 0.2) is 47.1 Å². The van der Waals surface area contributed by atoms with Crippen molar-refractivity contribution >= 4 is 0 Å². The first-order valence-electron chi connectivity index (χ1n) is 10.0. The lowest BCUT2D eigenvalue weighted by atomic mass is 9.66. The van der Waals surface area contributed by atoms with Crippen molar-refractivity contribution < 1.29 is 4.74 Å². The molecule has 1 atom stereocenters. The van der Waals surface area contributed by atoms with Crippen molar-refractivity contribution in [2.45, 2.75) is 86.2 Å². The summed E-state index contributed by atoms with van der Waals surface area (Å²) in [5.41, 5.74) is 4.42. The van der Waals surface area contributed by atoms with Crippen LogP contribution in [0.4, 0.5) is 0 Å². The molecule has 1 heteroatoms. The third-order valence-corrected chi connectivity index (χ3v) is 5.33. The monoisotopic (exact) mass is 342 g/mol. The van der Waals surface area contributed by atoms with Crippen LogP contribution in [0.2, 0.25) is 0 Å². The van der Waals surface area contributed by atoms with Gasteiger partial charge in [0, 0.05) is 13.0 Å². The van der Waals surface area contributed by atoms with Crippen molar-refractivity contribution in [3.05, 3.63) is 47.1 Å². The van der Waals surface area contributed by atoms with Crippen molar-refractivity contribution in [3.8, 4) is 0 Å². The average molecular weight is 343 g/mol. The smallest absolute Gasteiger partial charge is 0.0974 e. The highest BCUT2D eigenvalue weighted by Crippen LogP contribution is 2.48. The lowest BCUT2D eigenvalue weighted by Gasteiger charge is -2.45. The summed E-state index contributed by atoms with van der Waals surface area (Å²) in [4.78, 5) is 0. The number of allylic oxidation sites excluding steroid dienone is 5. The van der Waals surface area contributed by atoms with Crippen LogP contribution in [0.3, 0.4) is 0 Å². The zero-order valence-electron chi connectivity index (χ0n) is 17.5. The molecule has 0 heterocycles. The van der Waals surface area contributed by atoms with Crippen molar-refractivity contribution in [1.29, 1.82) is 0 Å². The van der Waals surface area contributed by atoms with E-state index in [1.807, 2.05) is 0 Å².